The van der Waals surface area contributed by atoms with Crippen LogP contribution in [0.2, 0.25) is 0 Å². The molecule has 24 heavy (non-hydrogen) atoms. The number of carbonyl (C=O) groups excluding carboxylic acids is 1. The van der Waals surface area contributed by atoms with E-state index < -0.39 is 12.0 Å². The van der Waals surface area contributed by atoms with Gasteiger partial charge >= 0.3 is 5.97 Å². The van der Waals surface area contributed by atoms with Crippen molar-refractivity contribution in [2.24, 2.45) is 0 Å². The second kappa shape index (κ2) is 6.82. The van der Waals surface area contributed by atoms with Crippen LogP contribution in [0.15, 0.2) is 35.3 Å². The maximum Gasteiger partial charge on any atom is 0.326 e. The molecule has 1 aliphatic heterocycles. The number of carbonyl (C=O) groups is 2. The average Bonchev–Trinajstić information content (AvgIpc) is 2.61. The summed E-state index contributed by atoms with van der Waals surface area (Å²) < 4.78 is 1.62. The molecule has 1 fully saturated rings. The Kier molecular flexibility index (Phi) is 4.59. The van der Waals surface area contributed by atoms with Crippen LogP contribution >= 0.6 is 0 Å². The first kappa shape index (κ1) is 16.2. The average molecular weight is 329 g/mol. The van der Waals surface area contributed by atoms with Crippen molar-refractivity contribution in [2.75, 3.05) is 6.54 Å². The second-order valence-corrected chi connectivity index (χ2v) is 5.94. The molecular formula is C17H19N3O4. The number of carboxylic acids is 1. The van der Waals surface area contributed by atoms with Crippen LogP contribution < -0.4 is 5.43 Å². The number of aliphatic carboxylic acids is 1. The van der Waals surface area contributed by atoms with Gasteiger partial charge in [-0.15, -0.1) is 0 Å². The van der Waals surface area contributed by atoms with Crippen LogP contribution in [0, 0.1) is 0 Å². The van der Waals surface area contributed by atoms with Crippen LogP contribution in [0.3, 0.4) is 0 Å². The van der Waals surface area contributed by atoms with E-state index in [1.165, 1.54) is 11.1 Å². The van der Waals surface area contributed by atoms with Gasteiger partial charge in [0.25, 0.3) is 0 Å². The Hall–Kier alpha value is -2.70. The van der Waals surface area contributed by atoms with Crippen LogP contribution in [0.1, 0.15) is 25.7 Å². The standard InChI is InChI=1S/C17H19N3O4/c21-15-11-18-20(13-6-2-1-5-12(13)15)10-8-16(22)19-9-4-3-7-14(19)17(23)24/h1-2,5-6,11,14H,3-4,7-10H2,(H,23,24). The van der Waals surface area contributed by atoms with Crippen molar-refractivity contribution >= 4 is 22.8 Å². The molecule has 7 heteroatoms. The molecule has 1 aromatic carbocycles. The van der Waals surface area contributed by atoms with Gasteiger partial charge in [-0.2, -0.15) is 5.10 Å². The Morgan fingerprint density at radius 1 is 1.25 bits per heavy atom. The van der Waals surface area contributed by atoms with E-state index in [0.29, 0.717) is 30.4 Å². The van der Waals surface area contributed by atoms with Gasteiger partial charge in [-0.05, 0) is 31.4 Å². The van der Waals surface area contributed by atoms with Crippen molar-refractivity contribution < 1.29 is 14.7 Å². The fourth-order valence-corrected chi connectivity index (χ4v) is 3.17. The van der Waals surface area contributed by atoms with Crippen molar-refractivity contribution in [3.05, 3.63) is 40.7 Å². The summed E-state index contributed by atoms with van der Waals surface area (Å²) in [5.41, 5.74) is 0.515. The summed E-state index contributed by atoms with van der Waals surface area (Å²) in [6.45, 7) is 0.788. The number of carboxylic acid groups (broad SMARTS) is 1. The predicted octanol–water partition coefficient (Wildman–Crippen LogP) is 1.25. The molecule has 0 spiro atoms. The number of rotatable bonds is 4. The molecule has 1 saturated heterocycles. The lowest BCUT2D eigenvalue weighted by Gasteiger charge is -2.33. The molecule has 1 aliphatic rings. The van der Waals surface area contributed by atoms with E-state index in [-0.39, 0.29) is 17.8 Å². The zero-order valence-electron chi connectivity index (χ0n) is 13.2. The summed E-state index contributed by atoms with van der Waals surface area (Å²) in [4.78, 5) is 37.0. The quantitative estimate of drug-likeness (QED) is 0.911. The highest BCUT2D eigenvalue weighted by molar-refractivity contribution is 5.84. The first-order valence-corrected chi connectivity index (χ1v) is 8.05. The number of aryl methyl sites for hydroxylation is 1. The molecule has 1 N–H and O–H groups in total. The van der Waals surface area contributed by atoms with E-state index in [0.717, 1.165) is 12.8 Å². The maximum atomic E-state index is 12.4. The third kappa shape index (κ3) is 3.15. The molecule has 0 saturated carbocycles. The molecule has 3 rings (SSSR count). The van der Waals surface area contributed by atoms with Gasteiger partial charge in [0.05, 0.1) is 18.3 Å². The number of hydrogen-bond acceptors (Lipinski definition) is 4. The van der Waals surface area contributed by atoms with Gasteiger partial charge in [0, 0.05) is 18.4 Å². The fourth-order valence-electron chi connectivity index (χ4n) is 3.17. The maximum absolute atomic E-state index is 12.4. The fraction of sp³-hybridized carbons (Fsp3) is 0.412. The summed E-state index contributed by atoms with van der Waals surface area (Å²) in [7, 11) is 0. The molecule has 1 amide bonds. The molecule has 0 bridgehead atoms. The number of nitrogens with zero attached hydrogens (tertiary/aromatic N) is 3. The molecule has 7 nitrogen and oxygen atoms in total. The van der Waals surface area contributed by atoms with E-state index in [9.17, 15) is 19.5 Å². The molecule has 1 aromatic heterocycles. The van der Waals surface area contributed by atoms with Gasteiger partial charge in [-0.25, -0.2) is 4.79 Å². The number of para-hydroxylation sites is 1. The topological polar surface area (TPSA) is 92.5 Å². The van der Waals surface area contributed by atoms with Crippen LogP contribution in [-0.4, -0.2) is 44.3 Å². The molecular weight excluding hydrogens is 310 g/mol. The summed E-state index contributed by atoms with van der Waals surface area (Å²) in [6, 6.07) is 6.37. The van der Waals surface area contributed by atoms with E-state index in [2.05, 4.69) is 5.10 Å². The molecule has 2 aromatic rings. The van der Waals surface area contributed by atoms with Crippen molar-refractivity contribution in [3.63, 3.8) is 0 Å². The molecule has 0 aliphatic carbocycles. The van der Waals surface area contributed by atoms with Crippen LogP contribution in [-0.2, 0) is 16.1 Å². The van der Waals surface area contributed by atoms with E-state index in [1.807, 2.05) is 6.07 Å². The van der Waals surface area contributed by atoms with Gasteiger partial charge in [0.2, 0.25) is 11.3 Å². The van der Waals surface area contributed by atoms with Crippen LogP contribution in [0.4, 0.5) is 0 Å². The lowest BCUT2D eigenvalue weighted by molar-refractivity contribution is -0.152. The first-order chi connectivity index (χ1) is 11.6. The number of piperidine rings is 1. The van der Waals surface area contributed by atoms with Gasteiger partial charge in [0.15, 0.2) is 0 Å². The lowest BCUT2D eigenvalue weighted by atomic mass is 10.0. The van der Waals surface area contributed by atoms with Crippen LogP contribution in [0.5, 0.6) is 0 Å². The van der Waals surface area contributed by atoms with Gasteiger partial charge in [0.1, 0.15) is 6.04 Å². The predicted molar refractivity (Wildman–Crippen MR) is 87.6 cm³/mol. The third-order valence-electron chi connectivity index (χ3n) is 4.41. The molecule has 2 heterocycles. The minimum atomic E-state index is -0.949. The number of hydrogen-bond donors (Lipinski definition) is 1. The number of amides is 1. The summed E-state index contributed by atoms with van der Waals surface area (Å²) in [6.07, 6.45) is 3.55. The Balaban J connectivity index is 1.76. The Morgan fingerprint density at radius 3 is 2.83 bits per heavy atom. The van der Waals surface area contributed by atoms with E-state index in [1.54, 1.807) is 22.9 Å². The highest BCUT2D eigenvalue weighted by Crippen LogP contribution is 2.18. The highest BCUT2D eigenvalue weighted by Gasteiger charge is 2.31. The zero-order chi connectivity index (χ0) is 17.1. The lowest BCUT2D eigenvalue weighted by Crippen LogP contribution is -2.48. The minimum absolute atomic E-state index is 0.156. The molecule has 1 atom stereocenters. The van der Waals surface area contributed by atoms with Crippen molar-refractivity contribution in [3.8, 4) is 0 Å². The van der Waals surface area contributed by atoms with E-state index in [4.69, 9.17) is 0 Å². The Bertz CT molecular complexity index is 830. The number of benzene rings is 1. The molecule has 126 valence electrons. The number of aromatic nitrogens is 2. The van der Waals surface area contributed by atoms with Crippen molar-refractivity contribution in [2.45, 2.75) is 38.3 Å². The zero-order valence-corrected chi connectivity index (χ0v) is 13.2. The monoisotopic (exact) mass is 329 g/mol. The third-order valence-corrected chi connectivity index (χ3v) is 4.41. The van der Waals surface area contributed by atoms with Crippen molar-refractivity contribution in [1.82, 2.24) is 14.7 Å². The SMILES string of the molecule is O=C(O)C1CCCCN1C(=O)CCn1ncc(=O)c2ccccc21. The Labute approximate surface area is 138 Å². The summed E-state index contributed by atoms with van der Waals surface area (Å²) >= 11 is 0. The van der Waals surface area contributed by atoms with Crippen molar-refractivity contribution in [1.29, 1.82) is 0 Å². The largest absolute Gasteiger partial charge is 0.480 e. The molecule has 0 radical (unpaired) electrons. The van der Waals surface area contributed by atoms with Gasteiger partial charge in [-0.3, -0.25) is 14.3 Å². The minimum Gasteiger partial charge on any atom is -0.480 e. The molecule has 1 unspecified atom stereocenters. The van der Waals surface area contributed by atoms with E-state index >= 15 is 0 Å². The second-order valence-electron chi connectivity index (χ2n) is 5.94. The Morgan fingerprint density at radius 2 is 2.04 bits per heavy atom. The summed E-state index contributed by atoms with van der Waals surface area (Å²) in [5.74, 6) is -1.14. The number of fused-ring (bicyclic) bond motifs is 1. The van der Waals surface area contributed by atoms with Gasteiger partial charge < -0.3 is 10.0 Å². The first-order valence-electron chi connectivity index (χ1n) is 8.05. The normalized spacial score (nSPS) is 17.8. The highest BCUT2D eigenvalue weighted by atomic mass is 16.4. The summed E-state index contributed by atoms with van der Waals surface area (Å²) in [5, 5.41) is 13.9. The number of likely N-dealkylation sites (tertiary alicyclic amines) is 1. The van der Waals surface area contributed by atoms with Crippen LogP contribution in [0.25, 0.3) is 10.9 Å². The smallest absolute Gasteiger partial charge is 0.326 e. The van der Waals surface area contributed by atoms with Gasteiger partial charge in [-0.1, -0.05) is 12.1 Å².